The van der Waals surface area contributed by atoms with E-state index in [1.54, 1.807) is 12.3 Å². The Morgan fingerprint density at radius 2 is 2.50 bits per heavy atom. The highest BCUT2D eigenvalue weighted by molar-refractivity contribution is 5.85. The molecular weight excluding hydrogens is 232 g/mol. The van der Waals surface area contributed by atoms with Crippen LogP contribution in [-0.4, -0.2) is 42.7 Å². The van der Waals surface area contributed by atoms with Gasteiger partial charge in [-0.1, -0.05) is 11.6 Å². The van der Waals surface area contributed by atoms with Gasteiger partial charge in [-0.2, -0.15) is 0 Å². The van der Waals surface area contributed by atoms with Gasteiger partial charge in [0.1, 0.15) is 5.82 Å². The second-order valence-electron chi connectivity index (χ2n) is 3.93. The van der Waals surface area contributed by atoms with Gasteiger partial charge in [0.25, 0.3) is 0 Å². The molecule has 0 radical (unpaired) electrons. The fourth-order valence-electron chi connectivity index (χ4n) is 1.68. The second-order valence-corrected chi connectivity index (χ2v) is 3.93. The number of aromatic nitrogens is 2. The largest absolute Gasteiger partial charge is 0.463 e. The molecule has 0 spiro atoms. The summed E-state index contributed by atoms with van der Waals surface area (Å²) in [5, 5.41) is 6.43. The highest BCUT2D eigenvalue weighted by Gasteiger charge is 2.09. The summed E-state index contributed by atoms with van der Waals surface area (Å²) < 4.78 is 4.57. The molecule has 6 heteroatoms. The fraction of sp³-hybridized carbons (Fsp3) is 0.417. The molecule has 1 aromatic heterocycles. The lowest BCUT2D eigenvalue weighted by molar-refractivity contribution is 0.0587. The SMILES string of the molecule is COC(=O)c1nccc(NCC2=CCNCC2)n1. The van der Waals surface area contributed by atoms with Crippen molar-refractivity contribution >= 4 is 11.8 Å². The van der Waals surface area contributed by atoms with Crippen molar-refractivity contribution in [1.82, 2.24) is 15.3 Å². The minimum absolute atomic E-state index is 0.0711. The van der Waals surface area contributed by atoms with E-state index in [0.29, 0.717) is 5.82 Å². The summed E-state index contributed by atoms with van der Waals surface area (Å²) >= 11 is 0. The molecule has 1 aliphatic rings. The van der Waals surface area contributed by atoms with Crippen LogP contribution in [0.15, 0.2) is 23.9 Å². The van der Waals surface area contributed by atoms with Crippen molar-refractivity contribution < 1.29 is 9.53 Å². The fourth-order valence-corrected chi connectivity index (χ4v) is 1.68. The molecule has 0 saturated carbocycles. The molecule has 2 N–H and O–H groups in total. The Balaban J connectivity index is 1.96. The van der Waals surface area contributed by atoms with Crippen LogP contribution in [0.2, 0.25) is 0 Å². The van der Waals surface area contributed by atoms with Crippen LogP contribution < -0.4 is 10.6 Å². The molecule has 0 aromatic carbocycles. The molecule has 0 aliphatic carbocycles. The zero-order valence-corrected chi connectivity index (χ0v) is 10.3. The van der Waals surface area contributed by atoms with Crippen LogP contribution in [0.5, 0.6) is 0 Å². The van der Waals surface area contributed by atoms with Crippen molar-refractivity contribution in [2.75, 3.05) is 32.1 Å². The molecule has 0 unspecified atom stereocenters. The standard InChI is InChI=1S/C12H16N4O2/c1-18-12(17)11-14-7-4-10(16-11)15-8-9-2-5-13-6-3-9/h2,4,7,13H,3,5-6,8H2,1H3,(H,14,15,16). The first-order valence-corrected chi connectivity index (χ1v) is 5.83. The van der Waals surface area contributed by atoms with Crippen LogP contribution in [0.1, 0.15) is 17.0 Å². The van der Waals surface area contributed by atoms with E-state index in [1.165, 1.54) is 12.7 Å². The molecule has 18 heavy (non-hydrogen) atoms. The molecule has 0 atom stereocenters. The smallest absolute Gasteiger partial charge is 0.376 e. The third kappa shape index (κ3) is 3.27. The molecule has 1 aliphatic heterocycles. The minimum atomic E-state index is -0.528. The summed E-state index contributed by atoms with van der Waals surface area (Å²) in [4.78, 5) is 19.2. The molecule has 0 bridgehead atoms. The lowest BCUT2D eigenvalue weighted by Crippen LogP contribution is -2.23. The number of ether oxygens (including phenoxy) is 1. The van der Waals surface area contributed by atoms with Gasteiger partial charge in [0.05, 0.1) is 7.11 Å². The number of hydrogen-bond acceptors (Lipinski definition) is 6. The second kappa shape index (κ2) is 6.11. The van der Waals surface area contributed by atoms with E-state index >= 15 is 0 Å². The van der Waals surface area contributed by atoms with Crippen LogP contribution in [0.4, 0.5) is 5.82 Å². The third-order valence-electron chi connectivity index (χ3n) is 2.68. The van der Waals surface area contributed by atoms with Crippen molar-refractivity contribution in [3.05, 3.63) is 29.7 Å². The average Bonchev–Trinajstić information content (AvgIpc) is 2.45. The molecule has 96 valence electrons. The molecule has 0 fully saturated rings. The third-order valence-corrected chi connectivity index (χ3v) is 2.68. The van der Waals surface area contributed by atoms with Gasteiger partial charge in [-0.3, -0.25) is 0 Å². The number of rotatable bonds is 4. The molecule has 0 saturated heterocycles. The number of esters is 1. The van der Waals surface area contributed by atoms with E-state index < -0.39 is 5.97 Å². The minimum Gasteiger partial charge on any atom is -0.463 e. The van der Waals surface area contributed by atoms with E-state index in [4.69, 9.17) is 0 Å². The normalized spacial score (nSPS) is 14.8. The Kier molecular flexibility index (Phi) is 4.25. The van der Waals surface area contributed by atoms with Crippen LogP contribution in [0, 0.1) is 0 Å². The summed E-state index contributed by atoms with van der Waals surface area (Å²) in [5.74, 6) is 0.173. The highest BCUT2D eigenvalue weighted by atomic mass is 16.5. The number of hydrogen-bond donors (Lipinski definition) is 2. The summed E-state index contributed by atoms with van der Waals surface area (Å²) in [6.07, 6.45) is 4.74. The molecule has 2 rings (SSSR count). The Morgan fingerprint density at radius 1 is 1.61 bits per heavy atom. The molecular formula is C12H16N4O2. The van der Waals surface area contributed by atoms with Gasteiger partial charge in [0.2, 0.25) is 5.82 Å². The van der Waals surface area contributed by atoms with Gasteiger partial charge >= 0.3 is 5.97 Å². The van der Waals surface area contributed by atoms with Gasteiger partial charge in [-0.25, -0.2) is 14.8 Å². The number of carbonyl (C=O) groups is 1. The molecule has 1 aromatic rings. The van der Waals surface area contributed by atoms with Crippen LogP contribution in [-0.2, 0) is 4.74 Å². The first-order valence-electron chi connectivity index (χ1n) is 5.83. The lowest BCUT2D eigenvalue weighted by Gasteiger charge is -2.14. The Bertz CT molecular complexity index is 459. The Hall–Kier alpha value is -1.95. The van der Waals surface area contributed by atoms with E-state index in [-0.39, 0.29) is 5.82 Å². The average molecular weight is 248 g/mol. The summed E-state index contributed by atoms with van der Waals surface area (Å²) in [6, 6.07) is 1.73. The quantitative estimate of drug-likeness (QED) is 0.600. The maximum absolute atomic E-state index is 11.3. The van der Waals surface area contributed by atoms with Gasteiger partial charge in [-0.15, -0.1) is 0 Å². The number of anilines is 1. The maximum Gasteiger partial charge on any atom is 0.376 e. The van der Waals surface area contributed by atoms with E-state index in [2.05, 4.69) is 31.4 Å². The van der Waals surface area contributed by atoms with Crippen LogP contribution in [0.3, 0.4) is 0 Å². The van der Waals surface area contributed by atoms with Crippen LogP contribution >= 0.6 is 0 Å². The summed E-state index contributed by atoms with van der Waals surface area (Å²) in [6.45, 7) is 2.65. The van der Waals surface area contributed by atoms with Gasteiger partial charge < -0.3 is 15.4 Å². The first kappa shape index (κ1) is 12.5. The summed E-state index contributed by atoms with van der Waals surface area (Å²) in [7, 11) is 1.31. The Labute approximate surface area is 105 Å². The predicted molar refractivity (Wildman–Crippen MR) is 67.4 cm³/mol. The Morgan fingerprint density at radius 3 is 3.22 bits per heavy atom. The molecule has 6 nitrogen and oxygen atoms in total. The molecule has 2 heterocycles. The zero-order chi connectivity index (χ0) is 12.8. The van der Waals surface area contributed by atoms with Crippen molar-refractivity contribution in [2.24, 2.45) is 0 Å². The number of carbonyl (C=O) groups excluding carboxylic acids is 1. The van der Waals surface area contributed by atoms with Gasteiger partial charge in [-0.05, 0) is 19.0 Å². The first-order chi connectivity index (χ1) is 8.79. The molecule has 0 amide bonds. The number of methoxy groups -OCH3 is 1. The van der Waals surface area contributed by atoms with Crippen molar-refractivity contribution in [3.63, 3.8) is 0 Å². The van der Waals surface area contributed by atoms with Crippen molar-refractivity contribution in [2.45, 2.75) is 6.42 Å². The van der Waals surface area contributed by atoms with E-state index in [9.17, 15) is 4.79 Å². The summed E-state index contributed by atoms with van der Waals surface area (Å²) in [5.41, 5.74) is 1.34. The predicted octanol–water partition coefficient (Wildman–Crippen LogP) is 0.595. The van der Waals surface area contributed by atoms with Crippen molar-refractivity contribution in [3.8, 4) is 0 Å². The lowest BCUT2D eigenvalue weighted by atomic mass is 10.1. The van der Waals surface area contributed by atoms with Gasteiger partial charge in [0.15, 0.2) is 0 Å². The van der Waals surface area contributed by atoms with Crippen molar-refractivity contribution in [1.29, 1.82) is 0 Å². The van der Waals surface area contributed by atoms with Gasteiger partial charge in [0, 0.05) is 19.3 Å². The van der Waals surface area contributed by atoms with E-state index in [0.717, 1.165) is 26.1 Å². The van der Waals surface area contributed by atoms with Crippen LogP contribution in [0.25, 0.3) is 0 Å². The monoisotopic (exact) mass is 248 g/mol. The maximum atomic E-state index is 11.3. The number of nitrogens with zero attached hydrogens (tertiary/aromatic N) is 2. The topological polar surface area (TPSA) is 76.1 Å². The highest BCUT2D eigenvalue weighted by Crippen LogP contribution is 2.08. The van der Waals surface area contributed by atoms with E-state index in [1.807, 2.05) is 0 Å². The number of nitrogens with one attached hydrogen (secondary N) is 2. The zero-order valence-electron chi connectivity index (χ0n) is 10.3.